The first-order valence-corrected chi connectivity index (χ1v) is 5.94. The molecule has 0 aromatic heterocycles. The van der Waals surface area contributed by atoms with Crippen molar-refractivity contribution < 1.29 is 14.3 Å². The van der Waals surface area contributed by atoms with Gasteiger partial charge < -0.3 is 15.2 Å². The van der Waals surface area contributed by atoms with Gasteiger partial charge in [0.1, 0.15) is 17.4 Å². The quantitative estimate of drug-likeness (QED) is 0.859. The third-order valence-corrected chi connectivity index (χ3v) is 2.43. The lowest BCUT2D eigenvalue weighted by Gasteiger charge is -2.23. The average molecular weight is 272 g/mol. The first kappa shape index (κ1) is 14.8. The molecule has 0 saturated carbocycles. The van der Waals surface area contributed by atoms with Crippen molar-refractivity contribution in [3.8, 4) is 5.75 Å². The lowest BCUT2D eigenvalue weighted by atomic mass is 10.1. The number of nitrogens with two attached hydrogens (primary N) is 1. The summed E-state index contributed by atoms with van der Waals surface area (Å²) in [6.45, 7) is 5.37. The number of esters is 1. The minimum atomic E-state index is -0.892. The molecule has 100 valence electrons. The van der Waals surface area contributed by atoms with Gasteiger partial charge in [0.05, 0.1) is 7.11 Å². The van der Waals surface area contributed by atoms with Crippen LogP contribution in [0.2, 0.25) is 5.02 Å². The maximum absolute atomic E-state index is 11.9. The fourth-order valence-electron chi connectivity index (χ4n) is 1.43. The average Bonchev–Trinajstić information content (AvgIpc) is 2.25. The van der Waals surface area contributed by atoms with E-state index in [2.05, 4.69) is 0 Å². The third-order valence-electron chi connectivity index (χ3n) is 2.19. The number of hydrogen-bond acceptors (Lipinski definition) is 4. The number of hydrogen-bond donors (Lipinski definition) is 1. The topological polar surface area (TPSA) is 61.5 Å². The number of rotatable bonds is 3. The summed E-state index contributed by atoms with van der Waals surface area (Å²) < 4.78 is 10.4. The number of carbonyl (C=O) groups is 1. The van der Waals surface area contributed by atoms with Crippen LogP contribution in [0.4, 0.5) is 0 Å². The van der Waals surface area contributed by atoms with Gasteiger partial charge >= 0.3 is 5.97 Å². The van der Waals surface area contributed by atoms with E-state index in [1.165, 1.54) is 7.11 Å². The molecule has 1 aromatic carbocycles. The summed E-state index contributed by atoms with van der Waals surface area (Å²) in [7, 11) is 1.50. The van der Waals surface area contributed by atoms with E-state index in [1.807, 2.05) is 0 Å². The molecule has 0 aliphatic carbocycles. The Kier molecular flexibility index (Phi) is 4.59. The second kappa shape index (κ2) is 5.59. The van der Waals surface area contributed by atoms with Crippen molar-refractivity contribution in [2.45, 2.75) is 32.4 Å². The van der Waals surface area contributed by atoms with E-state index in [0.717, 1.165) is 0 Å². The van der Waals surface area contributed by atoms with Gasteiger partial charge in [0.25, 0.3) is 0 Å². The van der Waals surface area contributed by atoms with Crippen LogP contribution in [-0.4, -0.2) is 18.7 Å². The largest absolute Gasteiger partial charge is 0.496 e. The first-order valence-electron chi connectivity index (χ1n) is 5.56. The van der Waals surface area contributed by atoms with Gasteiger partial charge in [-0.3, -0.25) is 0 Å². The van der Waals surface area contributed by atoms with Crippen molar-refractivity contribution in [1.82, 2.24) is 0 Å². The molecule has 18 heavy (non-hydrogen) atoms. The second-order valence-corrected chi connectivity index (χ2v) is 5.33. The Balaban J connectivity index is 2.96. The molecular weight excluding hydrogens is 254 g/mol. The fourth-order valence-corrected chi connectivity index (χ4v) is 1.60. The van der Waals surface area contributed by atoms with Crippen LogP contribution in [0.25, 0.3) is 0 Å². The SMILES string of the molecule is COc1cc(Cl)ccc1C(N)C(=O)OC(C)(C)C. The monoisotopic (exact) mass is 271 g/mol. The van der Waals surface area contributed by atoms with Crippen LogP contribution in [0.3, 0.4) is 0 Å². The lowest BCUT2D eigenvalue weighted by molar-refractivity contribution is -0.156. The Morgan fingerprint density at radius 3 is 2.50 bits per heavy atom. The van der Waals surface area contributed by atoms with Gasteiger partial charge in [-0.1, -0.05) is 17.7 Å². The Bertz CT molecular complexity index is 440. The Hall–Kier alpha value is -1.26. The standard InChI is InChI=1S/C13H18ClNO3/c1-13(2,3)18-12(16)11(15)9-6-5-8(14)7-10(9)17-4/h5-7,11H,15H2,1-4H3. The maximum atomic E-state index is 11.9. The molecule has 0 saturated heterocycles. The molecule has 5 heteroatoms. The van der Waals surface area contributed by atoms with Gasteiger partial charge in [0.2, 0.25) is 0 Å². The molecule has 0 heterocycles. The van der Waals surface area contributed by atoms with E-state index in [0.29, 0.717) is 16.3 Å². The molecule has 0 radical (unpaired) electrons. The highest BCUT2D eigenvalue weighted by Crippen LogP contribution is 2.28. The van der Waals surface area contributed by atoms with Gasteiger partial charge in [-0.15, -0.1) is 0 Å². The second-order valence-electron chi connectivity index (χ2n) is 4.90. The summed E-state index contributed by atoms with van der Waals surface area (Å²) in [5.74, 6) is -0.0241. The normalized spacial score (nSPS) is 13.0. The molecule has 2 N–H and O–H groups in total. The molecule has 0 aliphatic rings. The van der Waals surface area contributed by atoms with Crippen LogP contribution in [0.1, 0.15) is 32.4 Å². The highest BCUT2D eigenvalue weighted by molar-refractivity contribution is 6.30. The van der Waals surface area contributed by atoms with Crippen molar-refractivity contribution in [2.75, 3.05) is 7.11 Å². The number of benzene rings is 1. The van der Waals surface area contributed by atoms with Crippen molar-refractivity contribution in [2.24, 2.45) is 5.73 Å². The van der Waals surface area contributed by atoms with E-state index >= 15 is 0 Å². The van der Waals surface area contributed by atoms with Crippen molar-refractivity contribution >= 4 is 17.6 Å². The van der Waals surface area contributed by atoms with Gasteiger partial charge in [-0.2, -0.15) is 0 Å². The number of ether oxygens (including phenoxy) is 2. The van der Waals surface area contributed by atoms with Crippen LogP contribution in [0.5, 0.6) is 5.75 Å². The summed E-state index contributed by atoms with van der Waals surface area (Å²) >= 11 is 5.85. The molecule has 0 amide bonds. The minimum Gasteiger partial charge on any atom is -0.496 e. The van der Waals surface area contributed by atoms with Gasteiger partial charge in [-0.25, -0.2) is 4.79 Å². The fraction of sp³-hybridized carbons (Fsp3) is 0.462. The molecule has 0 spiro atoms. The summed E-state index contributed by atoms with van der Waals surface area (Å²) in [4.78, 5) is 11.9. The molecule has 0 bridgehead atoms. The lowest BCUT2D eigenvalue weighted by Crippen LogP contribution is -2.31. The minimum absolute atomic E-state index is 0.473. The van der Waals surface area contributed by atoms with Crippen molar-refractivity contribution in [3.05, 3.63) is 28.8 Å². The molecule has 1 atom stereocenters. The smallest absolute Gasteiger partial charge is 0.328 e. The van der Waals surface area contributed by atoms with Gasteiger partial charge in [-0.05, 0) is 32.9 Å². The Labute approximate surface area is 112 Å². The van der Waals surface area contributed by atoms with Crippen LogP contribution in [0.15, 0.2) is 18.2 Å². The van der Waals surface area contributed by atoms with E-state index in [1.54, 1.807) is 39.0 Å². The molecule has 1 unspecified atom stereocenters. The number of halogens is 1. The van der Waals surface area contributed by atoms with E-state index in [4.69, 9.17) is 26.8 Å². The predicted octanol–water partition coefficient (Wildman–Crippen LogP) is 2.69. The van der Waals surface area contributed by atoms with E-state index < -0.39 is 17.6 Å². The summed E-state index contributed by atoms with van der Waals surface area (Å²) in [6.07, 6.45) is 0. The zero-order chi connectivity index (χ0) is 13.9. The van der Waals surface area contributed by atoms with Gasteiger partial charge in [0.15, 0.2) is 0 Å². The Morgan fingerprint density at radius 1 is 1.39 bits per heavy atom. The molecular formula is C13H18ClNO3. The highest BCUT2D eigenvalue weighted by Gasteiger charge is 2.25. The van der Waals surface area contributed by atoms with Crippen LogP contribution < -0.4 is 10.5 Å². The first-order chi connectivity index (χ1) is 8.24. The third kappa shape index (κ3) is 3.89. The Morgan fingerprint density at radius 2 is 2.00 bits per heavy atom. The van der Waals surface area contributed by atoms with Crippen molar-refractivity contribution in [3.63, 3.8) is 0 Å². The molecule has 1 aromatic rings. The zero-order valence-corrected chi connectivity index (χ0v) is 11.7. The maximum Gasteiger partial charge on any atom is 0.328 e. The molecule has 4 nitrogen and oxygen atoms in total. The number of carbonyl (C=O) groups excluding carboxylic acids is 1. The van der Waals surface area contributed by atoms with Crippen molar-refractivity contribution in [1.29, 1.82) is 0 Å². The molecule has 0 aliphatic heterocycles. The summed E-state index contributed by atoms with van der Waals surface area (Å²) in [5.41, 5.74) is 5.85. The van der Waals surface area contributed by atoms with E-state index in [-0.39, 0.29) is 0 Å². The predicted molar refractivity (Wildman–Crippen MR) is 70.8 cm³/mol. The number of methoxy groups -OCH3 is 1. The van der Waals surface area contributed by atoms with Gasteiger partial charge in [0, 0.05) is 10.6 Å². The summed E-state index contributed by atoms with van der Waals surface area (Å²) in [6, 6.07) is 4.04. The van der Waals surface area contributed by atoms with Crippen LogP contribution >= 0.6 is 11.6 Å². The highest BCUT2D eigenvalue weighted by atomic mass is 35.5. The van der Waals surface area contributed by atoms with Crippen LogP contribution in [0, 0.1) is 0 Å². The zero-order valence-electron chi connectivity index (χ0n) is 11.0. The summed E-state index contributed by atoms with van der Waals surface area (Å²) in [5, 5.41) is 0.520. The molecule has 1 rings (SSSR count). The van der Waals surface area contributed by atoms with Crippen LogP contribution in [-0.2, 0) is 9.53 Å². The van der Waals surface area contributed by atoms with E-state index in [9.17, 15) is 4.79 Å². The molecule has 0 fully saturated rings.